The number of ether oxygens (including phenoxy) is 2. The summed E-state index contributed by atoms with van der Waals surface area (Å²) < 4.78 is 11.1. The Bertz CT molecular complexity index is 641. The zero-order valence-electron chi connectivity index (χ0n) is 12.1. The van der Waals surface area contributed by atoms with Crippen molar-refractivity contribution in [3.8, 4) is 11.5 Å². The van der Waals surface area contributed by atoms with E-state index in [9.17, 15) is 0 Å². The van der Waals surface area contributed by atoms with Gasteiger partial charge in [0, 0.05) is 27.7 Å². The van der Waals surface area contributed by atoms with Crippen LogP contribution in [0.5, 0.6) is 11.5 Å². The Morgan fingerprint density at radius 2 is 2.29 bits per heavy atom. The third kappa shape index (κ3) is 3.03. The van der Waals surface area contributed by atoms with Crippen LogP contribution in [-0.2, 0) is 12.8 Å². The zero-order chi connectivity index (χ0) is 14.8. The molecule has 1 N–H and O–H groups in total. The van der Waals surface area contributed by atoms with E-state index < -0.39 is 0 Å². The quantitative estimate of drug-likeness (QED) is 0.906. The number of nitrogens with one attached hydrogen (secondary N) is 1. The maximum Gasteiger partial charge on any atom is 0.129 e. The van der Waals surface area contributed by atoms with Crippen molar-refractivity contribution in [2.45, 2.75) is 18.9 Å². The molecule has 0 fully saturated rings. The first-order valence-electron chi connectivity index (χ1n) is 6.95. The first-order valence-corrected chi connectivity index (χ1v) is 8.21. The molecule has 1 aromatic carbocycles. The molecule has 1 atom stereocenters. The predicted molar refractivity (Wildman–Crippen MR) is 87.0 cm³/mol. The van der Waals surface area contributed by atoms with Gasteiger partial charge < -0.3 is 14.8 Å². The molecule has 2 heterocycles. The molecule has 0 bridgehead atoms. The second-order valence-corrected chi connectivity index (χ2v) is 6.47. The largest absolute Gasteiger partial charge is 0.496 e. The van der Waals surface area contributed by atoms with Crippen LogP contribution in [0.2, 0.25) is 5.02 Å². The van der Waals surface area contributed by atoms with Crippen LogP contribution in [0.25, 0.3) is 0 Å². The summed E-state index contributed by atoms with van der Waals surface area (Å²) in [6.07, 6.45) is 1.79. The standard InChI is InChI=1S/C16H18ClNO2S/c1-18-14(15-8-13(19-2)9-21-15)7-11-6-12(17)5-10-3-4-20-16(10)11/h5-6,8-9,14,18H,3-4,7H2,1-2H3. The number of hydrogen-bond acceptors (Lipinski definition) is 4. The Hall–Kier alpha value is -1.23. The maximum absolute atomic E-state index is 6.23. The summed E-state index contributed by atoms with van der Waals surface area (Å²) in [4.78, 5) is 1.25. The van der Waals surface area contributed by atoms with Crippen LogP contribution in [0.4, 0.5) is 0 Å². The van der Waals surface area contributed by atoms with Crippen LogP contribution >= 0.6 is 22.9 Å². The minimum Gasteiger partial charge on any atom is -0.496 e. The van der Waals surface area contributed by atoms with E-state index in [-0.39, 0.29) is 6.04 Å². The minimum absolute atomic E-state index is 0.227. The van der Waals surface area contributed by atoms with Gasteiger partial charge in [-0.25, -0.2) is 0 Å². The molecule has 1 aliphatic heterocycles. The first-order chi connectivity index (χ1) is 10.2. The topological polar surface area (TPSA) is 30.5 Å². The van der Waals surface area contributed by atoms with Gasteiger partial charge in [0.2, 0.25) is 0 Å². The number of fused-ring (bicyclic) bond motifs is 1. The Morgan fingerprint density at radius 1 is 1.43 bits per heavy atom. The molecule has 112 valence electrons. The summed E-state index contributed by atoms with van der Waals surface area (Å²) in [6, 6.07) is 6.33. The Kier molecular flexibility index (Phi) is 4.38. The highest BCUT2D eigenvalue weighted by molar-refractivity contribution is 7.10. The summed E-state index contributed by atoms with van der Waals surface area (Å²) >= 11 is 7.94. The molecule has 0 saturated heterocycles. The Morgan fingerprint density at radius 3 is 3.00 bits per heavy atom. The lowest BCUT2D eigenvalue weighted by Gasteiger charge is -2.17. The predicted octanol–water partition coefficient (Wildman–Crippen LogP) is 3.85. The van der Waals surface area contributed by atoms with Crippen LogP contribution in [0.15, 0.2) is 23.6 Å². The average molecular weight is 324 g/mol. The molecule has 0 spiro atoms. The van der Waals surface area contributed by atoms with Crippen molar-refractivity contribution in [3.63, 3.8) is 0 Å². The van der Waals surface area contributed by atoms with Gasteiger partial charge in [-0.15, -0.1) is 11.3 Å². The van der Waals surface area contributed by atoms with Gasteiger partial charge in [-0.3, -0.25) is 0 Å². The van der Waals surface area contributed by atoms with Gasteiger partial charge >= 0.3 is 0 Å². The van der Waals surface area contributed by atoms with Crippen LogP contribution in [0.1, 0.15) is 22.0 Å². The van der Waals surface area contributed by atoms with Crippen molar-refractivity contribution < 1.29 is 9.47 Å². The van der Waals surface area contributed by atoms with Crippen LogP contribution < -0.4 is 14.8 Å². The van der Waals surface area contributed by atoms with Crippen molar-refractivity contribution in [1.82, 2.24) is 5.32 Å². The number of rotatable bonds is 5. The van der Waals surface area contributed by atoms with Gasteiger partial charge in [-0.1, -0.05) is 11.6 Å². The summed E-state index contributed by atoms with van der Waals surface area (Å²) in [5.41, 5.74) is 2.39. The van der Waals surface area contributed by atoms with Crippen molar-refractivity contribution >= 4 is 22.9 Å². The lowest BCUT2D eigenvalue weighted by molar-refractivity contribution is 0.352. The zero-order valence-corrected chi connectivity index (χ0v) is 13.7. The van der Waals surface area contributed by atoms with E-state index in [0.717, 1.165) is 36.0 Å². The molecule has 2 aromatic rings. The van der Waals surface area contributed by atoms with Gasteiger partial charge in [0.15, 0.2) is 0 Å². The van der Waals surface area contributed by atoms with E-state index in [1.807, 2.05) is 24.6 Å². The van der Waals surface area contributed by atoms with Gasteiger partial charge in [0.25, 0.3) is 0 Å². The molecule has 3 rings (SSSR count). The molecular formula is C16H18ClNO2S. The van der Waals surface area contributed by atoms with Crippen LogP contribution in [-0.4, -0.2) is 20.8 Å². The fourth-order valence-electron chi connectivity index (χ4n) is 2.69. The normalized spacial score (nSPS) is 14.6. The molecule has 1 unspecified atom stereocenters. The Balaban J connectivity index is 1.87. The molecule has 0 radical (unpaired) electrons. The van der Waals surface area contributed by atoms with Gasteiger partial charge in [-0.05, 0) is 42.8 Å². The number of thiophene rings is 1. The van der Waals surface area contributed by atoms with E-state index in [4.69, 9.17) is 21.1 Å². The summed E-state index contributed by atoms with van der Waals surface area (Å²) in [6.45, 7) is 0.750. The fourth-order valence-corrected chi connectivity index (χ4v) is 3.92. The number of halogens is 1. The fraction of sp³-hybridized carbons (Fsp3) is 0.375. The molecular weight excluding hydrogens is 306 g/mol. The summed E-state index contributed by atoms with van der Waals surface area (Å²) in [7, 11) is 3.67. The molecule has 1 aliphatic rings. The van der Waals surface area contributed by atoms with Gasteiger partial charge in [0.05, 0.1) is 13.7 Å². The molecule has 0 amide bonds. The SMILES string of the molecule is CNC(Cc1cc(Cl)cc2c1OCC2)c1cc(OC)cs1. The third-order valence-electron chi connectivity index (χ3n) is 3.77. The van der Waals surface area contributed by atoms with Crippen molar-refractivity contribution in [1.29, 1.82) is 0 Å². The number of methoxy groups -OCH3 is 1. The third-order valence-corrected chi connectivity index (χ3v) is 5.02. The summed E-state index contributed by atoms with van der Waals surface area (Å²) in [5.74, 6) is 1.92. The molecule has 0 aliphatic carbocycles. The average Bonchev–Trinajstić information content (AvgIpc) is 3.12. The number of benzene rings is 1. The van der Waals surface area contributed by atoms with Crippen molar-refractivity contribution in [2.24, 2.45) is 0 Å². The van der Waals surface area contributed by atoms with E-state index in [1.165, 1.54) is 16.0 Å². The lowest BCUT2D eigenvalue weighted by Crippen LogP contribution is -2.18. The van der Waals surface area contributed by atoms with E-state index in [2.05, 4.69) is 11.4 Å². The van der Waals surface area contributed by atoms with E-state index >= 15 is 0 Å². The van der Waals surface area contributed by atoms with Gasteiger partial charge in [0.1, 0.15) is 11.5 Å². The van der Waals surface area contributed by atoms with Crippen LogP contribution in [0.3, 0.4) is 0 Å². The maximum atomic E-state index is 6.23. The molecule has 5 heteroatoms. The lowest BCUT2D eigenvalue weighted by atomic mass is 10.0. The Labute approximate surface area is 133 Å². The highest BCUT2D eigenvalue weighted by atomic mass is 35.5. The second kappa shape index (κ2) is 6.26. The van der Waals surface area contributed by atoms with Gasteiger partial charge in [-0.2, -0.15) is 0 Å². The summed E-state index contributed by atoms with van der Waals surface area (Å²) in [5, 5.41) is 6.18. The van der Waals surface area contributed by atoms with Crippen molar-refractivity contribution in [2.75, 3.05) is 20.8 Å². The van der Waals surface area contributed by atoms with E-state index in [0.29, 0.717) is 0 Å². The van der Waals surface area contributed by atoms with Crippen LogP contribution in [0, 0.1) is 0 Å². The monoisotopic (exact) mass is 323 g/mol. The minimum atomic E-state index is 0.227. The first kappa shape index (κ1) is 14.7. The molecule has 0 saturated carbocycles. The smallest absolute Gasteiger partial charge is 0.129 e. The second-order valence-electron chi connectivity index (χ2n) is 5.09. The highest BCUT2D eigenvalue weighted by Gasteiger charge is 2.21. The molecule has 21 heavy (non-hydrogen) atoms. The number of likely N-dealkylation sites (N-methyl/N-ethyl adjacent to an activating group) is 1. The van der Waals surface area contributed by atoms with E-state index in [1.54, 1.807) is 18.4 Å². The molecule has 3 nitrogen and oxygen atoms in total. The van der Waals surface area contributed by atoms with Crippen molar-refractivity contribution in [3.05, 3.63) is 44.6 Å². The molecule has 1 aromatic heterocycles. The highest BCUT2D eigenvalue weighted by Crippen LogP contribution is 2.36. The number of hydrogen-bond donors (Lipinski definition) is 1.